The van der Waals surface area contributed by atoms with E-state index in [2.05, 4.69) is 39.4 Å². The van der Waals surface area contributed by atoms with Gasteiger partial charge in [-0.25, -0.2) is 14.7 Å². The molecule has 2 aromatic heterocycles. The van der Waals surface area contributed by atoms with E-state index in [1.165, 1.54) is 18.2 Å². The Morgan fingerprint density at radius 3 is 2.29 bits per heavy atom. The number of aromatic amines is 2. The van der Waals surface area contributed by atoms with E-state index in [4.69, 9.17) is 32.7 Å². The topological polar surface area (TPSA) is 164 Å². The fourth-order valence-electron chi connectivity index (χ4n) is 3.75. The van der Waals surface area contributed by atoms with Crippen LogP contribution in [0.2, 0.25) is 10.0 Å². The fourth-order valence-corrected chi connectivity index (χ4v) is 4.30. The van der Waals surface area contributed by atoms with Gasteiger partial charge < -0.3 is 14.4 Å². The lowest BCUT2D eigenvalue weighted by molar-refractivity contribution is 0.0634. The Balaban J connectivity index is 1.62. The van der Waals surface area contributed by atoms with Gasteiger partial charge in [0.2, 0.25) is 11.7 Å². The van der Waals surface area contributed by atoms with Gasteiger partial charge in [0.15, 0.2) is 5.75 Å². The van der Waals surface area contributed by atoms with Gasteiger partial charge in [0.25, 0.3) is 11.1 Å². The number of nitrogens with zero attached hydrogens (tertiary/aromatic N) is 4. The molecule has 1 aliphatic rings. The zero-order chi connectivity index (χ0) is 28.0. The summed E-state index contributed by atoms with van der Waals surface area (Å²) in [6.07, 6.45) is -0.935. The number of hydrogen-bond acceptors (Lipinski definition) is 9. The summed E-state index contributed by atoms with van der Waals surface area (Å²) in [5.41, 5.74) is -2.47. The Morgan fingerprint density at radius 1 is 1.08 bits per heavy atom. The number of H-pyrrole nitrogens is 2. The minimum atomic E-state index is -0.935. The van der Waals surface area contributed by atoms with Crippen LogP contribution in [0.1, 0.15) is 34.6 Å². The number of carbonyl (C=O) groups is 1. The maximum Gasteiger partial charge on any atom is 0.413 e. The van der Waals surface area contributed by atoms with E-state index in [0.29, 0.717) is 18.8 Å². The van der Waals surface area contributed by atoms with Gasteiger partial charge in [-0.15, -0.1) is 10.2 Å². The molecule has 0 spiro atoms. The number of benzene rings is 1. The second-order valence-electron chi connectivity index (χ2n) is 10.4. The molecule has 3 heterocycles. The summed E-state index contributed by atoms with van der Waals surface area (Å²) in [6.45, 7) is 10.5. The zero-order valence-corrected chi connectivity index (χ0v) is 22.7. The Morgan fingerprint density at radius 2 is 1.71 bits per heavy atom. The maximum absolute atomic E-state index is 12.5. The van der Waals surface area contributed by atoms with Crippen LogP contribution in [-0.4, -0.2) is 49.7 Å². The molecule has 3 N–H and O–H groups in total. The highest BCUT2D eigenvalue weighted by Gasteiger charge is 2.35. The van der Waals surface area contributed by atoms with E-state index in [-0.39, 0.29) is 38.3 Å². The predicted octanol–water partition coefficient (Wildman–Crippen LogP) is 3.30. The number of nitrogens with one attached hydrogen (secondary N) is 3. The van der Waals surface area contributed by atoms with Crippen LogP contribution in [-0.2, 0) is 4.74 Å². The Bertz CT molecular complexity index is 1560. The summed E-state index contributed by atoms with van der Waals surface area (Å²) in [6, 6.07) is 4.12. The predicted molar refractivity (Wildman–Crippen MR) is 141 cm³/mol. The van der Waals surface area contributed by atoms with Gasteiger partial charge in [0.05, 0.1) is 15.7 Å². The molecule has 202 valence electrons. The Hall–Kier alpha value is -3.84. The van der Waals surface area contributed by atoms with Gasteiger partial charge >= 0.3 is 11.8 Å². The third-order valence-electron chi connectivity index (χ3n) is 5.22. The first kappa shape index (κ1) is 27.2. The molecule has 0 saturated carbocycles. The molecule has 0 aliphatic carbocycles. The molecule has 1 aliphatic heterocycles. The average molecular weight is 566 g/mol. The van der Waals surface area contributed by atoms with Gasteiger partial charge in [-0.05, 0) is 38.3 Å². The van der Waals surface area contributed by atoms with Crippen LogP contribution in [0.3, 0.4) is 0 Å². The molecule has 1 fully saturated rings. The van der Waals surface area contributed by atoms with Gasteiger partial charge in [-0.3, -0.25) is 19.9 Å². The van der Waals surface area contributed by atoms with Crippen molar-refractivity contribution in [2.45, 2.75) is 40.2 Å². The van der Waals surface area contributed by atoms with Crippen molar-refractivity contribution in [1.82, 2.24) is 25.0 Å². The van der Waals surface area contributed by atoms with E-state index >= 15 is 0 Å². The number of aromatic nitrogens is 5. The maximum atomic E-state index is 12.5. The molecule has 4 rings (SSSR count). The first-order valence-corrected chi connectivity index (χ1v) is 12.1. The van der Waals surface area contributed by atoms with Crippen LogP contribution < -0.4 is 31.8 Å². The SMILES string of the molecule is CC1(C)CN(c2cc(Oc3c(Cl)cc(-n4nc(NC(=O)OC(C)(C)C)c(=O)[nH]c4=O)cc3Cl)n[nH]c2=O)C1. The highest BCUT2D eigenvalue weighted by atomic mass is 35.5. The molecule has 0 bridgehead atoms. The van der Waals surface area contributed by atoms with E-state index in [1.807, 2.05) is 4.90 Å². The van der Waals surface area contributed by atoms with Crippen molar-refractivity contribution in [3.63, 3.8) is 0 Å². The zero-order valence-electron chi connectivity index (χ0n) is 21.1. The number of amides is 1. The van der Waals surface area contributed by atoms with Crippen molar-refractivity contribution in [3.05, 3.63) is 59.4 Å². The summed E-state index contributed by atoms with van der Waals surface area (Å²) < 4.78 is 11.7. The Labute approximate surface area is 225 Å². The van der Waals surface area contributed by atoms with Crippen LogP contribution in [0.5, 0.6) is 11.6 Å². The lowest BCUT2D eigenvalue weighted by Crippen LogP contribution is -2.54. The van der Waals surface area contributed by atoms with Crippen LogP contribution >= 0.6 is 23.2 Å². The first-order valence-electron chi connectivity index (χ1n) is 11.4. The molecule has 15 heteroatoms. The van der Waals surface area contributed by atoms with Gasteiger partial charge in [-0.1, -0.05) is 37.0 Å². The molecule has 1 aromatic carbocycles. The molecule has 0 unspecified atom stereocenters. The lowest BCUT2D eigenvalue weighted by atomic mass is 9.84. The molecule has 1 saturated heterocycles. The van der Waals surface area contributed by atoms with Crippen molar-refractivity contribution in [3.8, 4) is 17.3 Å². The highest BCUT2D eigenvalue weighted by Crippen LogP contribution is 2.38. The van der Waals surface area contributed by atoms with Gasteiger partial charge in [-0.2, -0.15) is 4.68 Å². The van der Waals surface area contributed by atoms with Crippen LogP contribution in [0.15, 0.2) is 32.6 Å². The molecular weight excluding hydrogens is 541 g/mol. The molecule has 0 radical (unpaired) electrons. The summed E-state index contributed by atoms with van der Waals surface area (Å²) in [4.78, 5) is 52.9. The monoisotopic (exact) mass is 565 g/mol. The van der Waals surface area contributed by atoms with Crippen molar-refractivity contribution >= 4 is 40.8 Å². The van der Waals surface area contributed by atoms with Crippen molar-refractivity contribution in [2.75, 3.05) is 23.3 Å². The largest absolute Gasteiger partial charge is 0.444 e. The molecule has 3 aromatic rings. The third-order valence-corrected chi connectivity index (χ3v) is 5.78. The number of ether oxygens (including phenoxy) is 2. The number of hydrogen-bond donors (Lipinski definition) is 3. The quantitative estimate of drug-likeness (QED) is 0.420. The van der Waals surface area contributed by atoms with E-state index < -0.39 is 28.8 Å². The third kappa shape index (κ3) is 6.00. The fraction of sp³-hybridized carbons (Fsp3) is 0.391. The van der Waals surface area contributed by atoms with Crippen LogP contribution in [0.4, 0.5) is 16.3 Å². The molecule has 38 heavy (non-hydrogen) atoms. The average Bonchev–Trinajstić information content (AvgIpc) is 2.76. The lowest BCUT2D eigenvalue weighted by Gasteiger charge is -2.46. The first-order chi connectivity index (χ1) is 17.6. The molecule has 13 nitrogen and oxygen atoms in total. The minimum Gasteiger partial charge on any atom is -0.444 e. The molecule has 1 amide bonds. The van der Waals surface area contributed by atoms with Gasteiger partial charge in [0.1, 0.15) is 11.3 Å². The normalized spacial score (nSPS) is 14.6. The molecule has 0 atom stereocenters. The standard InChI is InChI=1S/C23H25Cl2N7O6/c1-22(2,3)38-21(36)26-17-19(34)27-20(35)32(30-17)11-6-12(24)16(13(25)7-11)37-15-8-14(18(33)29-28-15)31-9-23(4,5)10-31/h6-8H,9-10H2,1-5H3,(H,29,33)(H,26,30,36)(H,27,34,35). The Kier molecular flexibility index (Phi) is 7.01. The summed E-state index contributed by atoms with van der Waals surface area (Å²) in [7, 11) is 0. The van der Waals surface area contributed by atoms with Crippen LogP contribution in [0, 0.1) is 5.41 Å². The van der Waals surface area contributed by atoms with E-state index in [9.17, 15) is 19.2 Å². The van der Waals surface area contributed by atoms with E-state index in [1.54, 1.807) is 20.8 Å². The second kappa shape index (κ2) is 9.80. The smallest absolute Gasteiger partial charge is 0.413 e. The minimum absolute atomic E-state index is 0.0103. The summed E-state index contributed by atoms with van der Waals surface area (Å²) in [5.74, 6) is -0.425. The van der Waals surface area contributed by atoms with Gasteiger partial charge in [0, 0.05) is 19.2 Å². The number of carbonyl (C=O) groups excluding carboxylic acids is 1. The van der Waals surface area contributed by atoms with Crippen molar-refractivity contribution in [1.29, 1.82) is 0 Å². The van der Waals surface area contributed by atoms with Crippen molar-refractivity contribution < 1.29 is 14.3 Å². The number of halogens is 2. The number of anilines is 2. The summed E-state index contributed by atoms with van der Waals surface area (Å²) >= 11 is 12.8. The van der Waals surface area contributed by atoms with Crippen LogP contribution in [0.25, 0.3) is 5.69 Å². The van der Waals surface area contributed by atoms with E-state index in [0.717, 1.165) is 4.68 Å². The summed E-state index contributed by atoms with van der Waals surface area (Å²) in [5, 5.41) is 12.4. The molecular formula is C23H25Cl2N7O6. The van der Waals surface area contributed by atoms with Crippen molar-refractivity contribution in [2.24, 2.45) is 5.41 Å². The second-order valence-corrected chi connectivity index (χ2v) is 11.2. The highest BCUT2D eigenvalue weighted by molar-refractivity contribution is 6.37. The number of rotatable bonds is 5.